The summed E-state index contributed by atoms with van der Waals surface area (Å²) in [5.74, 6) is 1.04. The van der Waals surface area contributed by atoms with E-state index < -0.39 is 6.16 Å². The van der Waals surface area contributed by atoms with Crippen LogP contribution >= 0.6 is 0 Å². The Balaban J connectivity index is 1.96. The van der Waals surface area contributed by atoms with Crippen molar-refractivity contribution in [2.24, 2.45) is 11.8 Å². The quantitative estimate of drug-likeness (QED) is 0.632. The van der Waals surface area contributed by atoms with Crippen LogP contribution in [0.2, 0.25) is 0 Å². The molecule has 3 atom stereocenters. The molecule has 0 aromatic heterocycles. The third-order valence-electron chi connectivity index (χ3n) is 3.42. The molecule has 14 heavy (non-hydrogen) atoms. The first kappa shape index (κ1) is 9.77. The average Bonchev–Trinajstić information content (AvgIpc) is 2.37. The molecular weight excluding hydrogens is 182 g/mol. The molecule has 1 heterocycles. The molecule has 1 aliphatic heterocycles. The van der Waals surface area contributed by atoms with E-state index in [4.69, 9.17) is 9.84 Å². The van der Waals surface area contributed by atoms with Crippen molar-refractivity contribution in [3.8, 4) is 0 Å². The molecule has 4 nitrogen and oxygen atoms in total. The van der Waals surface area contributed by atoms with Gasteiger partial charge in [0.15, 0.2) is 6.23 Å². The summed E-state index contributed by atoms with van der Waals surface area (Å²) in [5.41, 5.74) is 0. The minimum absolute atomic E-state index is 0.254. The number of fused-ring (bicyclic) bond motifs is 1. The van der Waals surface area contributed by atoms with Crippen LogP contribution in [0.1, 0.15) is 32.1 Å². The van der Waals surface area contributed by atoms with Gasteiger partial charge in [0, 0.05) is 12.5 Å². The Morgan fingerprint density at radius 2 is 2.07 bits per heavy atom. The molecule has 2 N–H and O–H groups in total. The van der Waals surface area contributed by atoms with Crippen molar-refractivity contribution in [3.05, 3.63) is 0 Å². The lowest BCUT2D eigenvalue weighted by Crippen LogP contribution is -2.32. The van der Waals surface area contributed by atoms with Gasteiger partial charge in [0.05, 0.1) is 0 Å². The molecule has 0 bridgehead atoms. The first-order chi connectivity index (χ1) is 6.77. The van der Waals surface area contributed by atoms with Crippen molar-refractivity contribution < 1.29 is 14.6 Å². The van der Waals surface area contributed by atoms with E-state index in [0.29, 0.717) is 11.8 Å². The molecule has 0 spiro atoms. The monoisotopic (exact) mass is 199 g/mol. The third kappa shape index (κ3) is 2.00. The van der Waals surface area contributed by atoms with Crippen LogP contribution in [-0.2, 0) is 4.74 Å². The maximum atomic E-state index is 10.5. The Bertz CT molecular complexity index is 219. The lowest BCUT2D eigenvalue weighted by Gasteiger charge is -2.20. The fourth-order valence-corrected chi connectivity index (χ4v) is 2.72. The summed E-state index contributed by atoms with van der Waals surface area (Å²) in [6.07, 6.45) is 4.69. The van der Waals surface area contributed by atoms with Gasteiger partial charge in [-0.1, -0.05) is 19.3 Å². The molecular formula is C10H17NO3. The van der Waals surface area contributed by atoms with Crippen molar-refractivity contribution in [2.45, 2.75) is 38.3 Å². The maximum Gasteiger partial charge on any atom is 0.507 e. The zero-order valence-electron chi connectivity index (χ0n) is 8.24. The topological polar surface area (TPSA) is 58.6 Å². The smallest absolute Gasteiger partial charge is 0.450 e. The van der Waals surface area contributed by atoms with Gasteiger partial charge in [0.25, 0.3) is 0 Å². The summed E-state index contributed by atoms with van der Waals surface area (Å²) >= 11 is 0. The fraction of sp³-hybridized carbons (Fsp3) is 0.900. The van der Waals surface area contributed by atoms with Gasteiger partial charge in [-0.25, -0.2) is 4.79 Å². The average molecular weight is 199 g/mol. The normalized spacial score (nSPS) is 37.3. The van der Waals surface area contributed by atoms with Crippen molar-refractivity contribution in [3.63, 3.8) is 0 Å². The van der Waals surface area contributed by atoms with Crippen molar-refractivity contribution >= 4 is 6.16 Å². The molecule has 80 valence electrons. The summed E-state index contributed by atoms with van der Waals surface area (Å²) in [6, 6.07) is 0. The number of carboxylic acid groups (broad SMARTS) is 1. The Morgan fingerprint density at radius 1 is 1.29 bits per heavy atom. The standard InChI is InChI=1S/C10H17NO3/c12-10(13)14-9-8-5-3-1-2-4-7(8)6-11-9/h7-9,11H,1-6H2,(H,12,13)/t7?,8?,9-/m0/s1. The first-order valence-corrected chi connectivity index (χ1v) is 5.40. The number of hydrogen-bond acceptors (Lipinski definition) is 3. The van der Waals surface area contributed by atoms with Gasteiger partial charge in [0.2, 0.25) is 0 Å². The lowest BCUT2D eigenvalue weighted by molar-refractivity contribution is 0.0191. The molecule has 0 radical (unpaired) electrons. The van der Waals surface area contributed by atoms with E-state index in [2.05, 4.69) is 5.32 Å². The van der Waals surface area contributed by atoms with Crippen LogP contribution in [-0.4, -0.2) is 24.0 Å². The summed E-state index contributed by atoms with van der Waals surface area (Å²) < 4.78 is 4.84. The molecule has 2 unspecified atom stereocenters. The number of nitrogens with one attached hydrogen (secondary N) is 1. The minimum Gasteiger partial charge on any atom is -0.450 e. The molecule has 2 aliphatic rings. The predicted octanol–water partition coefficient (Wildman–Crippen LogP) is 1.81. The summed E-state index contributed by atoms with van der Waals surface area (Å²) in [4.78, 5) is 10.5. The van der Waals surface area contributed by atoms with Gasteiger partial charge < -0.3 is 9.84 Å². The van der Waals surface area contributed by atoms with E-state index >= 15 is 0 Å². The Morgan fingerprint density at radius 3 is 2.86 bits per heavy atom. The number of hydrogen-bond donors (Lipinski definition) is 2. The largest absolute Gasteiger partial charge is 0.507 e. The highest BCUT2D eigenvalue weighted by Gasteiger charge is 2.38. The number of ether oxygens (including phenoxy) is 1. The Hall–Kier alpha value is -0.770. The van der Waals surface area contributed by atoms with E-state index in [1.54, 1.807) is 0 Å². The van der Waals surface area contributed by atoms with Crippen molar-refractivity contribution in [1.29, 1.82) is 0 Å². The molecule has 1 saturated carbocycles. The van der Waals surface area contributed by atoms with Crippen LogP contribution in [0.5, 0.6) is 0 Å². The van der Waals surface area contributed by atoms with Gasteiger partial charge in [-0.15, -0.1) is 0 Å². The van der Waals surface area contributed by atoms with Crippen molar-refractivity contribution in [2.75, 3.05) is 6.54 Å². The van der Waals surface area contributed by atoms with Crippen molar-refractivity contribution in [1.82, 2.24) is 5.32 Å². The molecule has 1 aliphatic carbocycles. The first-order valence-electron chi connectivity index (χ1n) is 5.40. The lowest BCUT2D eigenvalue weighted by atomic mass is 9.90. The highest BCUT2D eigenvalue weighted by molar-refractivity contribution is 5.57. The Kier molecular flexibility index (Phi) is 2.91. The number of rotatable bonds is 1. The maximum absolute atomic E-state index is 10.5. The molecule has 0 aromatic carbocycles. The summed E-state index contributed by atoms with van der Waals surface area (Å²) in [7, 11) is 0. The van der Waals surface area contributed by atoms with Gasteiger partial charge in [-0.3, -0.25) is 5.32 Å². The van der Waals surface area contributed by atoms with E-state index in [1.165, 1.54) is 25.7 Å². The second-order valence-electron chi connectivity index (χ2n) is 4.27. The van der Waals surface area contributed by atoms with E-state index in [9.17, 15) is 4.79 Å². The molecule has 2 fully saturated rings. The highest BCUT2D eigenvalue weighted by atomic mass is 16.7. The molecule has 0 amide bonds. The SMILES string of the molecule is O=C(O)O[C@@H]1NCC2CCCCCC21. The molecule has 0 aromatic rings. The van der Waals surface area contributed by atoms with E-state index in [1.807, 2.05) is 0 Å². The van der Waals surface area contributed by atoms with Gasteiger partial charge in [0.1, 0.15) is 0 Å². The van der Waals surface area contributed by atoms with E-state index in [0.717, 1.165) is 13.0 Å². The second-order valence-corrected chi connectivity index (χ2v) is 4.27. The van der Waals surface area contributed by atoms with Crippen LogP contribution in [0.25, 0.3) is 0 Å². The predicted molar refractivity (Wildman–Crippen MR) is 51.0 cm³/mol. The zero-order chi connectivity index (χ0) is 9.97. The Labute approximate surface area is 83.6 Å². The zero-order valence-corrected chi connectivity index (χ0v) is 8.24. The molecule has 2 rings (SSSR count). The van der Waals surface area contributed by atoms with Crippen LogP contribution in [0.3, 0.4) is 0 Å². The summed E-state index contributed by atoms with van der Waals surface area (Å²) in [5, 5.41) is 11.7. The number of carbonyl (C=O) groups is 1. The van der Waals surface area contributed by atoms with E-state index in [-0.39, 0.29) is 6.23 Å². The third-order valence-corrected chi connectivity index (χ3v) is 3.42. The van der Waals surface area contributed by atoms with Crippen LogP contribution in [0.4, 0.5) is 4.79 Å². The van der Waals surface area contributed by atoms with Crippen LogP contribution < -0.4 is 5.32 Å². The van der Waals surface area contributed by atoms with Gasteiger partial charge in [-0.2, -0.15) is 0 Å². The van der Waals surface area contributed by atoms with Crippen LogP contribution in [0.15, 0.2) is 0 Å². The van der Waals surface area contributed by atoms with Crippen LogP contribution in [0, 0.1) is 11.8 Å². The molecule has 1 saturated heterocycles. The molecule has 4 heteroatoms. The summed E-state index contributed by atoms with van der Waals surface area (Å²) in [6.45, 7) is 0.919. The minimum atomic E-state index is -1.16. The second kappa shape index (κ2) is 4.17. The highest BCUT2D eigenvalue weighted by Crippen LogP contribution is 2.35. The fourth-order valence-electron chi connectivity index (χ4n) is 2.72. The van der Waals surface area contributed by atoms with Gasteiger partial charge in [-0.05, 0) is 18.8 Å². The van der Waals surface area contributed by atoms with Gasteiger partial charge >= 0.3 is 6.16 Å².